The van der Waals surface area contributed by atoms with E-state index in [0.29, 0.717) is 5.75 Å². The SMILES string of the molecule is COc1ccccc1CC(=O)Nc1cccc(-c2ccc(N3CCCCC3)nn2)c1. The molecule has 0 saturated carbocycles. The second-order valence-electron chi connectivity index (χ2n) is 7.44. The van der Waals surface area contributed by atoms with Crippen LogP contribution in [0.15, 0.2) is 60.7 Å². The van der Waals surface area contributed by atoms with Crippen molar-refractivity contribution in [1.29, 1.82) is 0 Å². The second kappa shape index (κ2) is 9.39. The van der Waals surface area contributed by atoms with Crippen LogP contribution in [0.2, 0.25) is 0 Å². The van der Waals surface area contributed by atoms with Gasteiger partial charge in [-0.2, -0.15) is 0 Å². The molecule has 1 amide bonds. The molecule has 6 heteroatoms. The van der Waals surface area contributed by atoms with Crippen LogP contribution >= 0.6 is 0 Å². The van der Waals surface area contributed by atoms with Gasteiger partial charge in [0.05, 0.1) is 19.2 Å². The lowest BCUT2D eigenvalue weighted by Crippen LogP contribution is -2.30. The van der Waals surface area contributed by atoms with Crippen molar-refractivity contribution in [2.45, 2.75) is 25.7 Å². The summed E-state index contributed by atoms with van der Waals surface area (Å²) in [7, 11) is 1.61. The van der Waals surface area contributed by atoms with Crippen LogP contribution in [0.25, 0.3) is 11.3 Å². The second-order valence-corrected chi connectivity index (χ2v) is 7.44. The molecule has 30 heavy (non-hydrogen) atoms. The van der Waals surface area contributed by atoms with E-state index in [-0.39, 0.29) is 12.3 Å². The number of methoxy groups -OCH3 is 1. The third-order valence-corrected chi connectivity index (χ3v) is 5.32. The molecule has 2 heterocycles. The van der Waals surface area contributed by atoms with Gasteiger partial charge in [-0.3, -0.25) is 4.79 Å². The number of anilines is 2. The molecule has 1 aliphatic heterocycles. The number of nitrogens with zero attached hydrogens (tertiary/aromatic N) is 3. The Morgan fingerprint density at radius 2 is 1.83 bits per heavy atom. The molecule has 2 aromatic carbocycles. The zero-order valence-electron chi connectivity index (χ0n) is 17.2. The van der Waals surface area contributed by atoms with Crippen LogP contribution in [-0.2, 0) is 11.2 Å². The molecule has 0 bridgehead atoms. The number of carbonyl (C=O) groups excluding carboxylic acids is 1. The summed E-state index contributed by atoms with van der Waals surface area (Å²) in [5.41, 5.74) is 3.29. The fourth-order valence-corrected chi connectivity index (χ4v) is 3.75. The average Bonchev–Trinajstić information content (AvgIpc) is 2.80. The molecule has 6 nitrogen and oxygen atoms in total. The fraction of sp³-hybridized carbons (Fsp3) is 0.292. The van der Waals surface area contributed by atoms with Crippen LogP contribution in [0.4, 0.5) is 11.5 Å². The summed E-state index contributed by atoms with van der Waals surface area (Å²) in [6.45, 7) is 2.09. The van der Waals surface area contributed by atoms with Crippen LogP contribution in [0, 0.1) is 0 Å². The number of ether oxygens (including phenoxy) is 1. The lowest BCUT2D eigenvalue weighted by Gasteiger charge is -2.27. The number of aromatic nitrogens is 2. The van der Waals surface area contributed by atoms with E-state index in [1.807, 2.05) is 60.7 Å². The van der Waals surface area contributed by atoms with Gasteiger partial charge in [-0.1, -0.05) is 30.3 Å². The van der Waals surface area contributed by atoms with Crippen molar-refractivity contribution in [3.8, 4) is 17.0 Å². The van der Waals surface area contributed by atoms with Crippen molar-refractivity contribution in [2.75, 3.05) is 30.4 Å². The van der Waals surface area contributed by atoms with E-state index in [9.17, 15) is 4.79 Å². The highest BCUT2D eigenvalue weighted by Gasteiger charge is 2.13. The molecule has 0 radical (unpaired) electrons. The van der Waals surface area contributed by atoms with E-state index in [0.717, 1.165) is 41.4 Å². The highest BCUT2D eigenvalue weighted by atomic mass is 16.5. The number of piperidine rings is 1. The fourth-order valence-electron chi connectivity index (χ4n) is 3.75. The zero-order chi connectivity index (χ0) is 20.8. The Morgan fingerprint density at radius 3 is 2.60 bits per heavy atom. The maximum atomic E-state index is 12.5. The lowest BCUT2D eigenvalue weighted by molar-refractivity contribution is -0.115. The van der Waals surface area contributed by atoms with Crippen molar-refractivity contribution < 1.29 is 9.53 Å². The highest BCUT2D eigenvalue weighted by Crippen LogP contribution is 2.24. The summed E-state index contributed by atoms with van der Waals surface area (Å²) in [6.07, 6.45) is 3.95. The largest absolute Gasteiger partial charge is 0.496 e. The summed E-state index contributed by atoms with van der Waals surface area (Å²) < 4.78 is 5.33. The van der Waals surface area contributed by atoms with Gasteiger partial charge in [0.1, 0.15) is 5.75 Å². The van der Waals surface area contributed by atoms with Crippen LogP contribution in [0.1, 0.15) is 24.8 Å². The Kier molecular flexibility index (Phi) is 6.23. The standard InChI is InChI=1S/C24H26N4O2/c1-30-22-11-4-3-8-19(22)17-24(29)25-20-10-7-9-18(16-20)21-12-13-23(27-26-21)28-14-5-2-6-15-28/h3-4,7-13,16H,2,5-6,14-15,17H2,1H3,(H,25,29). The molecule has 0 atom stereocenters. The number of nitrogens with one attached hydrogen (secondary N) is 1. The number of hydrogen-bond donors (Lipinski definition) is 1. The predicted molar refractivity (Wildman–Crippen MR) is 119 cm³/mol. The Hall–Kier alpha value is -3.41. The molecular weight excluding hydrogens is 376 g/mol. The predicted octanol–water partition coefficient (Wildman–Crippen LogP) is 4.32. The lowest BCUT2D eigenvalue weighted by atomic mass is 10.1. The van der Waals surface area contributed by atoms with E-state index < -0.39 is 0 Å². The number of benzene rings is 2. The average molecular weight is 402 g/mol. The van der Waals surface area contributed by atoms with Gasteiger partial charge in [0.25, 0.3) is 0 Å². The Bertz CT molecular complexity index is 998. The monoisotopic (exact) mass is 402 g/mol. The Labute approximate surface area is 176 Å². The molecule has 1 aliphatic rings. The highest BCUT2D eigenvalue weighted by molar-refractivity contribution is 5.93. The molecule has 3 aromatic rings. The number of carbonyl (C=O) groups is 1. The van der Waals surface area contributed by atoms with Crippen LogP contribution in [0.3, 0.4) is 0 Å². The molecule has 1 fully saturated rings. The third-order valence-electron chi connectivity index (χ3n) is 5.32. The summed E-state index contributed by atoms with van der Waals surface area (Å²) in [5.74, 6) is 1.55. The third kappa shape index (κ3) is 4.76. The molecule has 1 saturated heterocycles. The number of amides is 1. The smallest absolute Gasteiger partial charge is 0.228 e. The van der Waals surface area contributed by atoms with Gasteiger partial charge >= 0.3 is 0 Å². The first-order valence-corrected chi connectivity index (χ1v) is 10.3. The first-order valence-electron chi connectivity index (χ1n) is 10.3. The first-order chi connectivity index (χ1) is 14.7. The van der Waals surface area contributed by atoms with E-state index in [1.54, 1.807) is 7.11 Å². The summed E-state index contributed by atoms with van der Waals surface area (Å²) in [4.78, 5) is 14.8. The van der Waals surface area contributed by atoms with Crippen molar-refractivity contribution in [1.82, 2.24) is 10.2 Å². The number of hydrogen-bond acceptors (Lipinski definition) is 5. The minimum absolute atomic E-state index is 0.0943. The molecule has 1 aromatic heterocycles. The minimum atomic E-state index is -0.0943. The first kappa shape index (κ1) is 19.9. The van der Waals surface area contributed by atoms with Gasteiger partial charge < -0.3 is 15.0 Å². The Morgan fingerprint density at radius 1 is 1.00 bits per heavy atom. The van der Waals surface area contributed by atoms with Crippen molar-refractivity contribution in [3.63, 3.8) is 0 Å². The van der Waals surface area contributed by atoms with E-state index in [1.165, 1.54) is 19.3 Å². The minimum Gasteiger partial charge on any atom is -0.496 e. The summed E-state index contributed by atoms with van der Waals surface area (Å²) in [6, 6.07) is 19.2. The van der Waals surface area contributed by atoms with Crippen LogP contribution in [0.5, 0.6) is 5.75 Å². The Balaban J connectivity index is 1.44. The topological polar surface area (TPSA) is 67.3 Å². The molecule has 4 rings (SSSR count). The quantitative estimate of drug-likeness (QED) is 0.665. The van der Waals surface area contributed by atoms with Gasteiger partial charge in [-0.05, 0) is 49.6 Å². The summed E-state index contributed by atoms with van der Waals surface area (Å²) >= 11 is 0. The van der Waals surface area contributed by atoms with Crippen LogP contribution < -0.4 is 15.0 Å². The van der Waals surface area contributed by atoms with Gasteiger partial charge in [0.15, 0.2) is 5.82 Å². The van der Waals surface area contributed by atoms with E-state index in [2.05, 4.69) is 20.4 Å². The normalized spacial score (nSPS) is 13.7. The maximum Gasteiger partial charge on any atom is 0.228 e. The van der Waals surface area contributed by atoms with Gasteiger partial charge in [0.2, 0.25) is 5.91 Å². The number of rotatable bonds is 6. The van der Waals surface area contributed by atoms with Gasteiger partial charge in [-0.15, -0.1) is 10.2 Å². The van der Waals surface area contributed by atoms with Crippen molar-refractivity contribution >= 4 is 17.4 Å². The van der Waals surface area contributed by atoms with Gasteiger partial charge in [0, 0.05) is 29.9 Å². The molecule has 154 valence electrons. The number of para-hydroxylation sites is 1. The molecular formula is C24H26N4O2. The molecule has 1 N–H and O–H groups in total. The van der Waals surface area contributed by atoms with Gasteiger partial charge in [-0.25, -0.2) is 0 Å². The van der Waals surface area contributed by atoms with E-state index in [4.69, 9.17) is 4.74 Å². The van der Waals surface area contributed by atoms with Crippen molar-refractivity contribution in [2.24, 2.45) is 0 Å². The molecule has 0 aliphatic carbocycles. The van der Waals surface area contributed by atoms with E-state index >= 15 is 0 Å². The zero-order valence-corrected chi connectivity index (χ0v) is 17.2. The molecule has 0 spiro atoms. The van der Waals surface area contributed by atoms with Crippen molar-refractivity contribution in [3.05, 3.63) is 66.2 Å². The van der Waals surface area contributed by atoms with Crippen LogP contribution in [-0.4, -0.2) is 36.3 Å². The molecule has 0 unspecified atom stereocenters. The summed E-state index contributed by atoms with van der Waals surface area (Å²) in [5, 5.41) is 11.8. The maximum absolute atomic E-state index is 12.5.